The summed E-state index contributed by atoms with van der Waals surface area (Å²) in [5.74, 6) is 0.0614. The van der Waals surface area contributed by atoms with Crippen LogP contribution in [0.4, 0.5) is 0 Å². The van der Waals surface area contributed by atoms with Crippen LogP contribution >= 0.6 is 11.8 Å². The molecule has 0 unspecified atom stereocenters. The fraction of sp³-hybridized carbons (Fsp3) is 0.154. The monoisotopic (exact) mass is 456 g/mol. The van der Waals surface area contributed by atoms with Gasteiger partial charge in [-0.2, -0.15) is 0 Å². The number of nitrogens with zero attached hydrogens (tertiary/aromatic N) is 2. The first kappa shape index (κ1) is 22.5. The van der Waals surface area contributed by atoms with Crippen LogP contribution in [0.3, 0.4) is 0 Å². The van der Waals surface area contributed by atoms with Gasteiger partial charge in [0.1, 0.15) is 0 Å². The van der Waals surface area contributed by atoms with Gasteiger partial charge in [0.25, 0.3) is 5.91 Å². The first-order valence-electron chi connectivity index (χ1n) is 10.6. The molecule has 2 N–H and O–H groups in total. The molecule has 0 aliphatic heterocycles. The van der Waals surface area contributed by atoms with E-state index in [0.29, 0.717) is 11.3 Å². The summed E-state index contributed by atoms with van der Waals surface area (Å²) < 4.78 is 0. The van der Waals surface area contributed by atoms with Crippen LogP contribution in [0.25, 0.3) is 10.8 Å². The van der Waals surface area contributed by atoms with Crippen LogP contribution in [0.5, 0.6) is 0 Å². The molecule has 2 amide bonds. The van der Waals surface area contributed by atoms with Crippen molar-refractivity contribution < 1.29 is 9.59 Å². The Bertz CT molecular complexity index is 1280. The topological polar surface area (TPSA) is 84.0 Å². The molecule has 1 aromatic heterocycles. The van der Waals surface area contributed by atoms with E-state index in [0.717, 1.165) is 38.4 Å². The Balaban J connectivity index is 1.29. The van der Waals surface area contributed by atoms with Crippen LogP contribution in [0.2, 0.25) is 0 Å². The highest BCUT2D eigenvalue weighted by atomic mass is 32.2. The zero-order chi connectivity index (χ0) is 23.2. The average Bonchev–Trinajstić information content (AvgIpc) is 2.81. The molecule has 33 heavy (non-hydrogen) atoms. The van der Waals surface area contributed by atoms with Crippen molar-refractivity contribution in [3.8, 4) is 0 Å². The second kappa shape index (κ2) is 10.3. The van der Waals surface area contributed by atoms with E-state index in [-0.39, 0.29) is 18.2 Å². The average molecular weight is 457 g/mol. The van der Waals surface area contributed by atoms with E-state index < -0.39 is 0 Å². The molecular formula is C26H24N4O2S. The fourth-order valence-electron chi connectivity index (χ4n) is 3.52. The molecular weight excluding hydrogens is 432 g/mol. The molecule has 0 saturated heterocycles. The number of fused-ring (bicyclic) bond motifs is 1. The minimum atomic E-state index is -0.363. The molecule has 1 heterocycles. The van der Waals surface area contributed by atoms with Crippen molar-refractivity contribution in [2.75, 3.05) is 0 Å². The molecule has 0 radical (unpaired) electrons. The lowest BCUT2D eigenvalue weighted by Gasteiger charge is -2.10. The lowest BCUT2D eigenvalue weighted by Crippen LogP contribution is -2.42. The highest BCUT2D eigenvalue weighted by Crippen LogP contribution is 2.21. The van der Waals surface area contributed by atoms with Crippen molar-refractivity contribution in [3.05, 3.63) is 101 Å². The SMILES string of the molecule is Cc1cc(C)nc(SCc2ccc(C(=O)NNC(=O)Cc3cccc4ccccc34)cc2)n1. The third kappa shape index (κ3) is 5.96. The summed E-state index contributed by atoms with van der Waals surface area (Å²) >= 11 is 1.55. The van der Waals surface area contributed by atoms with Crippen LogP contribution in [0.15, 0.2) is 78.0 Å². The lowest BCUT2D eigenvalue weighted by molar-refractivity contribution is -0.121. The van der Waals surface area contributed by atoms with Crippen LogP contribution < -0.4 is 10.9 Å². The Morgan fingerprint density at radius 2 is 1.55 bits per heavy atom. The van der Waals surface area contributed by atoms with Crippen molar-refractivity contribution in [2.45, 2.75) is 31.2 Å². The maximum Gasteiger partial charge on any atom is 0.269 e. The van der Waals surface area contributed by atoms with Crippen LogP contribution in [-0.2, 0) is 17.0 Å². The Morgan fingerprint density at radius 3 is 2.30 bits per heavy atom. The molecule has 0 atom stereocenters. The molecule has 0 bridgehead atoms. The van der Waals surface area contributed by atoms with Crippen LogP contribution in [0, 0.1) is 13.8 Å². The molecule has 0 aliphatic rings. The van der Waals surface area contributed by atoms with E-state index in [1.54, 1.807) is 23.9 Å². The Hall–Kier alpha value is -3.71. The third-order valence-corrected chi connectivity index (χ3v) is 6.01. The second-order valence-electron chi connectivity index (χ2n) is 7.74. The predicted molar refractivity (Wildman–Crippen MR) is 131 cm³/mol. The molecule has 0 spiro atoms. The number of nitrogens with one attached hydrogen (secondary N) is 2. The van der Waals surface area contributed by atoms with Crippen molar-refractivity contribution in [3.63, 3.8) is 0 Å². The Labute approximate surface area is 196 Å². The number of thioether (sulfide) groups is 1. The highest BCUT2D eigenvalue weighted by Gasteiger charge is 2.10. The predicted octanol–water partition coefficient (Wildman–Crippen LogP) is 4.54. The van der Waals surface area contributed by atoms with Gasteiger partial charge in [-0.15, -0.1) is 0 Å². The number of carbonyl (C=O) groups excluding carboxylic acids is 2. The molecule has 0 fully saturated rings. The van der Waals surface area contributed by atoms with E-state index in [4.69, 9.17) is 0 Å². The molecule has 0 saturated carbocycles. The second-order valence-corrected chi connectivity index (χ2v) is 8.68. The Kier molecular flexibility index (Phi) is 7.00. The first-order valence-corrected chi connectivity index (χ1v) is 11.6. The smallest absolute Gasteiger partial charge is 0.269 e. The summed E-state index contributed by atoms with van der Waals surface area (Å²) in [5, 5.41) is 2.85. The molecule has 6 nitrogen and oxygen atoms in total. The number of hydrogen-bond donors (Lipinski definition) is 2. The molecule has 4 rings (SSSR count). The summed E-state index contributed by atoms with van der Waals surface area (Å²) in [6.07, 6.45) is 0.179. The Morgan fingerprint density at radius 1 is 0.848 bits per heavy atom. The molecule has 4 aromatic rings. The summed E-state index contributed by atoms with van der Waals surface area (Å²) in [5.41, 5.74) is 9.32. The molecule has 0 aliphatic carbocycles. The summed E-state index contributed by atoms with van der Waals surface area (Å²) in [6, 6.07) is 23.0. The van der Waals surface area contributed by atoms with Gasteiger partial charge in [-0.1, -0.05) is 66.4 Å². The normalized spacial score (nSPS) is 10.7. The number of rotatable bonds is 6. The number of aromatic nitrogens is 2. The largest absolute Gasteiger partial charge is 0.273 e. The van der Waals surface area contributed by atoms with Gasteiger partial charge in [-0.05, 0) is 53.9 Å². The van der Waals surface area contributed by atoms with Gasteiger partial charge >= 0.3 is 0 Å². The van der Waals surface area contributed by atoms with Gasteiger partial charge in [0.05, 0.1) is 6.42 Å². The van der Waals surface area contributed by atoms with Gasteiger partial charge in [0.15, 0.2) is 5.16 Å². The lowest BCUT2D eigenvalue weighted by atomic mass is 10.0. The zero-order valence-electron chi connectivity index (χ0n) is 18.5. The minimum Gasteiger partial charge on any atom is -0.273 e. The van der Waals surface area contributed by atoms with E-state index in [9.17, 15) is 9.59 Å². The zero-order valence-corrected chi connectivity index (χ0v) is 19.3. The van der Waals surface area contributed by atoms with Crippen LogP contribution in [0.1, 0.15) is 32.9 Å². The van der Waals surface area contributed by atoms with E-state index in [2.05, 4.69) is 20.8 Å². The number of amides is 2. The molecule has 166 valence electrons. The third-order valence-electron chi connectivity index (χ3n) is 5.09. The van der Waals surface area contributed by atoms with E-state index in [1.165, 1.54) is 0 Å². The minimum absolute atomic E-state index is 0.179. The molecule has 3 aromatic carbocycles. The van der Waals surface area contributed by atoms with E-state index in [1.807, 2.05) is 74.5 Å². The van der Waals surface area contributed by atoms with Gasteiger partial charge in [-0.25, -0.2) is 9.97 Å². The van der Waals surface area contributed by atoms with Crippen molar-refractivity contribution in [1.29, 1.82) is 0 Å². The highest BCUT2D eigenvalue weighted by molar-refractivity contribution is 7.98. The number of carbonyl (C=O) groups is 2. The maximum atomic E-state index is 12.4. The molecule has 7 heteroatoms. The van der Waals surface area contributed by atoms with Crippen molar-refractivity contribution in [2.24, 2.45) is 0 Å². The first-order chi connectivity index (χ1) is 16.0. The van der Waals surface area contributed by atoms with Gasteiger partial charge in [-0.3, -0.25) is 20.4 Å². The summed E-state index contributed by atoms with van der Waals surface area (Å²) in [4.78, 5) is 33.7. The van der Waals surface area contributed by atoms with Gasteiger partial charge < -0.3 is 0 Å². The summed E-state index contributed by atoms with van der Waals surface area (Å²) in [6.45, 7) is 3.90. The number of hydrazine groups is 1. The summed E-state index contributed by atoms with van der Waals surface area (Å²) in [7, 11) is 0. The fourth-order valence-corrected chi connectivity index (χ4v) is 4.43. The van der Waals surface area contributed by atoms with Crippen molar-refractivity contribution in [1.82, 2.24) is 20.8 Å². The number of benzene rings is 3. The quantitative estimate of drug-likeness (QED) is 0.253. The van der Waals surface area contributed by atoms with Crippen molar-refractivity contribution >= 4 is 34.3 Å². The van der Waals surface area contributed by atoms with E-state index >= 15 is 0 Å². The van der Waals surface area contributed by atoms with Gasteiger partial charge in [0, 0.05) is 22.7 Å². The van der Waals surface area contributed by atoms with Crippen LogP contribution in [-0.4, -0.2) is 21.8 Å². The van der Waals surface area contributed by atoms with Gasteiger partial charge in [0.2, 0.25) is 5.91 Å². The maximum absolute atomic E-state index is 12.4. The standard InChI is InChI=1S/C26H24N4O2S/c1-17-14-18(2)28-26(27-17)33-16-19-10-12-21(13-11-19)25(32)30-29-24(31)15-22-8-5-7-20-6-3-4-9-23(20)22/h3-14H,15-16H2,1-2H3,(H,29,31)(H,30,32). The number of aryl methyl sites for hydroxylation is 2. The number of hydrogen-bond acceptors (Lipinski definition) is 5.